The summed E-state index contributed by atoms with van der Waals surface area (Å²) in [4.78, 5) is 28.7. The van der Waals surface area contributed by atoms with Gasteiger partial charge in [-0.05, 0) is 17.5 Å². The molecule has 0 bridgehead atoms. The molecule has 30 heavy (non-hydrogen) atoms. The number of hydrogen-bond donors (Lipinski definition) is 0. The summed E-state index contributed by atoms with van der Waals surface area (Å²) >= 11 is 0. The highest BCUT2D eigenvalue weighted by atomic mass is 32.2. The van der Waals surface area contributed by atoms with Crippen molar-refractivity contribution >= 4 is 22.0 Å². The third-order valence-electron chi connectivity index (χ3n) is 6.13. The zero-order chi connectivity index (χ0) is 21.9. The molecule has 1 atom stereocenters. The van der Waals surface area contributed by atoms with E-state index in [1.807, 2.05) is 32.0 Å². The molecule has 1 unspecified atom stereocenters. The van der Waals surface area contributed by atoms with E-state index in [0.29, 0.717) is 45.8 Å². The molecule has 2 heterocycles. The average Bonchev–Trinajstić information content (AvgIpc) is 2.74. The molecule has 166 valence electrons. The van der Waals surface area contributed by atoms with Crippen molar-refractivity contribution in [2.24, 2.45) is 0 Å². The van der Waals surface area contributed by atoms with Crippen LogP contribution in [0.25, 0.3) is 0 Å². The summed E-state index contributed by atoms with van der Waals surface area (Å²) in [5.41, 5.74) is 2.22. The summed E-state index contributed by atoms with van der Waals surface area (Å²) in [7, 11) is -3.48. The third kappa shape index (κ3) is 4.53. The molecule has 2 aliphatic rings. The first-order valence-electron chi connectivity index (χ1n) is 10.7. The second-order valence-corrected chi connectivity index (χ2v) is 9.68. The van der Waals surface area contributed by atoms with E-state index in [0.717, 1.165) is 12.0 Å². The van der Waals surface area contributed by atoms with E-state index in [4.69, 9.17) is 0 Å². The minimum absolute atomic E-state index is 0.0301. The Labute approximate surface area is 179 Å². The lowest BCUT2D eigenvalue weighted by molar-refractivity contribution is -0.137. The molecular formula is C21H32N4O4S. The quantitative estimate of drug-likeness (QED) is 0.672. The fraction of sp³-hybridized carbons (Fsp3) is 0.619. The van der Waals surface area contributed by atoms with E-state index in [1.165, 1.54) is 14.2 Å². The van der Waals surface area contributed by atoms with Gasteiger partial charge in [0, 0.05) is 52.7 Å². The van der Waals surface area contributed by atoms with E-state index in [2.05, 4.69) is 6.07 Å². The van der Waals surface area contributed by atoms with Crippen molar-refractivity contribution in [1.82, 2.24) is 18.4 Å². The minimum Gasteiger partial charge on any atom is -0.340 e. The van der Waals surface area contributed by atoms with Crippen LogP contribution in [0, 0.1) is 0 Å². The molecule has 2 amide bonds. The van der Waals surface area contributed by atoms with E-state index in [1.54, 1.807) is 16.7 Å². The molecule has 2 aliphatic heterocycles. The maximum atomic E-state index is 13.1. The van der Waals surface area contributed by atoms with Crippen LogP contribution in [-0.2, 0) is 26.2 Å². The summed E-state index contributed by atoms with van der Waals surface area (Å²) in [5.74, 6) is -0.0692. The maximum absolute atomic E-state index is 13.1. The number of carbonyl (C=O) groups is 2. The van der Waals surface area contributed by atoms with Crippen LogP contribution in [0.3, 0.4) is 0 Å². The molecule has 3 rings (SSSR count). The molecule has 0 spiro atoms. The van der Waals surface area contributed by atoms with Gasteiger partial charge in [-0.25, -0.2) is 0 Å². The molecule has 1 aromatic rings. The first kappa shape index (κ1) is 22.7. The Hall–Kier alpha value is -1.97. The van der Waals surface area contributed by atoms with Gasteiger partial charge in [-0.2, -0.15) is 17.0 Å². The molecular weight excluding hydrogens is 404 g/mol. The van der Waals surface area contributed by atoms with Gasteiger partial charge in [-0.15, -0.1) is 0 Å². The maximum Gasteiger partial charge on any atom is 0.282 e. The topological polar surface area (TPSA) is 81.2 Å². The molecule has 9 heteroatoms. The monoisotopic (exact) mass is 436 g/mol. The van der Waals surface area contributed by atoms with Crippen LogP contribution in [0.5, 0.6) is 0 Å². The van der Waals surface area contributed by atoms with Crippen molar-refractivity contribution in [3.05, 3.63) is 35.4 Å². The van der Waals surface area contributed by atoms with Crippen molar-refractivity contribution in [2.75, 3.05) is 45.8 Å². The molecule has 1 saturated heterocycles. The molecule has 0 saturated carbocycles. The SMILES string of the molecule is CCN(CC)S(=O)(=O)N1CCN(C(=O)CC2c3ccccc3CCN2C(C)=O)CC1. The lowest BCUT2D eigenvalue weighted by Gasteiger charge is -2.39. The number of rotatable bonds is 6. The predicted molar refractivity (Wildman–Crippen MR) is 115 cm³/mol. The second kappa shape index (κ2) is 9.45. The second-order valence-electron chi connectivity index (χ2n) is 7.75. The molecule has 0 aliphatic carbocycles. The van der Waals surface area contributed by atoms with E-state index >= 15 is 0 Å². The van der Waals surface area contributed by atoms with Crippen molar-refractivity contribution in [2.45, 2.75) is 39.7 Å². The first-order valence-corrected chi connectivity index (χ1v) is 12.1. The summed E-state index contributed by atoms with van der Waals surface area (Å²) in [6, 6.07) is 7.71. The van der Waals surface area contributed by atoms with Crippen molar-refractivity contribution < 1.29 is 18.0 Å². The zero-order valence-electron chi connectivity index (χ0n) is 18.1. The van der Waals surface area contributed by atoms with Crippen LogP contribution in [0.15, 0.2) is 24.3 Å². The Bertz CT molecular complexity index is 877. The number of nitrogens with zero attached hydrogens (tertiary/aromatic N) is 4. The lowest BCUT2D eigenvalue weighted by atomic mass is 9.90. The molecule has 1 aromatic carbocycles. The van der Waals surface area contributed by atoms with Gasteiger partial charge in [-0.3, -0.25) is 9.59 Å². The molecule has 0 aromatic heterocycles. The largest absolute Gasteiger partial charge is 0.340 e. The first-order chi connectivity index (χ1) is 14.3. The Morgan fingerprint density at radius 1 is 1.03 bits per heavy atom. The molecule has 8 nitrogen and oxygen atoms in total. The van der Waals surface area contributed by atoms with Gasteiger partial charge in [0.15, 0.2) is 0 Å². The highest BCUT2D eigenvalue weighted by molar-refractivity contribution is 7.86. The average molecular weight is 437 g/mol. The number of amides is 2. The third-order valence-corrected chi connectivity index (χ3v) is 8.32. The van der Waals surface area contributed by atoms with Gasteiger partial charge < -0.3 is 9.80 Å². The number of carbonyl (C=O) groups excluding carboxylic acids is 2. The van der Waals surface area contributed by atoms with Crippen LogP contribution in [-0.4, -0.2) is 84.5 Å². The van der Waals surface area contributed by atoms with Gasteiger partial charge in [-0.1, -0.05) is 38.1 Å². The van der Waals surface area contributed by atoms with Gasteiger partial charge >= 0.3 is 0 Å². The fourth-order valence-electron chi connectivity index (χ4n) is 4.42. The van der Waals surface area contributed by atoms with Gasteiger partial charge in [0.05, 0.1) is 12.5 Å². The standard InChI is InChI=1S/C21H32N4O4S/c1-4-23(5-2)30(28,29)24-14-12-22(13-15-24)21(27)16-20-19-9-7-6-8-18(19)10-11-25(20)17(3)26/h6-9,20H,4-5,10-16H2,1-3H3. The van der Waals surface area contributed by atoms with E-state index < -0.39 is 10.2 Å². The predicted octanol–water partition coefficient (Wildman–Crippen LogP) is 1.25. The van der Waals surface area contributed by atoms with Crippen molar-refractivity contribution in [3.8, 4) is 0 Å². The summed E-state index contributed by atoms with van der Waals surface area (Å²) in [6.07, 6.45) is 1.02. The zero-order valence-corrected chi connectivity index (χ0v) is 18.9. The number of piperazine rings is 1. The fourth-order valence-corrected chi connectivity index (χ4v) is 6.03. The Balaban J connectivity index is 1.68. The summed E-state index contributed by atoms with van der Waals surface area (Å²) in [5, 5.41) is 0. The van der Waals surface area contributed by atoms with Crippen molar-refractivity contribution in [1.29, 1.82) is 0 Å². The summed E-state index contributed by atoms with van der Waals surface area (Å²) < 4.78 is 28.3. The van der Waals surface area contributed by atoms with Gasteiger partial charge in [0.25, 0.3) is 10.2 Å². The van der Waals surface area contributed by atoms with Crippen LogP contribution in [0.1, 0.15) is 44.4 Å². The van der Waals surface area contributed by atoms with Crippen LogP contribution < -0.4 is 0 Å². The Morgan fingerprint density at radius 3 is 2.27 bits per heavy atom. The highest BCUT2D eigenvalue weighted by Crippen LogP contribution is 2.33. The number of benzene rings is 1. The van der Waals surface area contributed by atoms with Crippen molar-refractivity contribution in [3.63, 3.8) is 0 Å². The Kier molecular flexibility index (Phi) is 7.15. The number of hydrogen-bond acceptors (Lipinski definition) is 4. The van der Waals surface area contributed by atoms with Gasteiger partial charge in [0.1, 0.15) is 0 Å². The molecule has 1 fully saturated rings. The van der Waals surface area contributed by atoms with E-state index in [9.17, 15) is 18.0 Å². The lowest BCUT2D eigenvalue weighted by Crippen LogP contribution is -2.54. The Morgan fingerprint density at radius 2 is 1.67 bits per heavy atom. The molecule has 0 radical (unpaired) electrons. The highest BCUT2D eigenvalue weighted by Gasteiger charge is 2.35. The molecule has 0 N–H and O–H groups in total. The smallest absolute Gasteiger partial charge is 0.282 e. The van der Waals surface area contributed by atoms with E-state index in [-0.39, 0.29) is 24.3 Å². The minimum atomic E-state index is -3.48. The van der Waals surface area contributed by atoms with Gasteiger partial charge in [0.2, 0.25) is 11.8 Å². The number of fused-ring (bicyclic) bond motifs is 1. The van der Waals surface area contributed by atoms with Crippen LogP contribution >= 0.6 is 0 Å². The van der Waals surface area contributed by atoms with Crippen LogP contribution in [0.4, 0.5) is 0 Å². The normalized spacial score (nSPS) is 20.3. The summed E-state index contributed by atoms with van der Waals surface area (Å²) in [6.45, 7) is 7.99. The van der Waals surface area contributed by atoms with Crippen LogP contribution in [0.2, 0.25) is 0 Å².